The Balaban J connectivity index is 3.05. The molecule has 0 aliphatic carbocycles. The fraction of sp³-hybridized carbons (Fsp3) is 0.800. The molecular formula is C5H9OS2-. The summed E-state index contributed by atoms with van der Waals surface area (Å²) >= 11 is 9.01. The molecule has 0 aromatic carbocycles. The molecule has 0 amide bonds. The van der Waals surface area contributed by atoms with Gasteiger partial charge in [-0.05, 0) is 5.92 Å². The molecule has 1 nitrogen and oxygen atoms in total. The first kappa shape index (κ1) is 8.11. The second-order valence-electron chi connectivity index (χ2n) is 1.95. The molecule has 0 aliphatic heterocycles. The fourth-order valence-corrected chi connectivity index (χ4v) is 0.371. The van der Waals surface area contributed by atoms with E-state index in [0.29, 0.717) is 12.5 Å². The maximum absolute atomic E-state index is 4.85. The fourth-order valence-electron chi connectivity index (χ4n) is 0.235. The molecule has 8 heavy (non-hydrogen) atoms. The van der Waals surface area contributed by atoms with Crippen LogP contribution in [0, 0.1) is 5.92 Å². The van der Waals surface area contributed by atoms with Crippen molar-refractivity contribution in [2.75, 3.05) is 6.61 Å². The smallest absolute Gasteiger partial charge is 0.0881 e. The summed E-state index contributed by atoms with van der Waals surface area (Å²) in [5.41, 5.74) is 0. The Morgan fingerprint density at radius 2 is 2.25 bits per heavy atom. The van der Waals surface area contributed by atoms with Gasteiger partial charge in [-0.3, -0.25) is 0 Å². The molecule has 0 heterocycles. The van der Waals surface area contributed by atoms with Crippen LogP contribution in [-0.4, -0.2) is 11.0 Å². The highest BCUT2D eigenvalue weighted by Crippen LogP contribution is 1.92. The lowest BCUT2D eigenvalue weighted by atomic mass is 10.2. The van der Waals surface area contributed by atoms with Gasteiger partial charge < -0.3 is 29.6 Å². The monoisotopic (exact) mass is 149 g/mol. The lowest BCUT2D eigenvalue weighted by Gasteiger charge is -2.10. The highest BCUT2D eigenvalue weighted by molar-refractivity contribution is 7.99. The van der Waals surface area contributed by atoms with E-state index in [4.69, 9.17) is 4.74 Å². The predicted octanol–water partition coefficient (Wildman–Crippen LogP) is 1.49. The molecule has 0 saturated carbocycles. The summed E-state index contributed by atoms with van der Waals surface area (Å²) in [4.78, 5) is 0. The Hall–Kier alpha value is 0.110. The van der Waals surface area contributed by atoms with Gasteiger partial charge in [0, 0.05) is 4.38 Å². The first-order chi connectivity index (χ1) is 3.63. The van der Waals surface area contributed by atoms with Crippen molar-refractivity contribution in [2.24, 2.45) is 5.92 Å². The second-order valence-corrected chi connectivity index (χ2v) is 2.95. The summed E-state index contributed by atoms with van der Waals surface area (Å²) in [7, 11) is 0. The van der Waals surface area contributed by atoms with Gasteiger partial charge in [-0.1, -0.05) is 13.8 Å². The van der Waals surface area contributed by atoms with Crippen LogP contribution in [0.1, 0.15) is 13.8 Å². The molecule has 0 saturated heterocycles. The largest absolute Gasteiger partial charge is 0.513 e. The molecular weight excluding hydrogens is 140 g/mol. The van der Waals surface area contributed by atoms with Crippen LogP contribution in [0.5, 0.6) is 0 Å². The van der Waals surface area contributed by atoms with Gasteiger partial charge in [0.25, 0.3) is 0 Å². The van der Waals surface area contributed by atoms with E-state index in [0.717, 1.165) is 0 Å². The second kappa shape index (κ2) is 4.04. The van der Waals surface area contributed by atoms with E-state index < -0.39 is 0 Å². The minimum atomic E-state index is 0.221. The molecule has 48 valence electrons. The minimum Gasteiger partial charge on any atom is -0.513 e. The maximum Gasteiger partial charge on any atom is 0.0881 e. The molecule has 0 aliphatic rings. The first-order valence-corrected chi connectivity index (χ1v) is 3.28. The normalized spacial score (nSPS) is 9.38. The van der Waals surface area contributed by atoms with Gasteiger partial charge in [0.15, 0.2) is 0 Å². The van der Waals surface area contributed by atoms with Crippen LogP contribution in [0.15, 0.2) is 0 Å². The predicted molar refractivity (Wildman–Crippen MR) is 40.8 cm³/mol. The third-order valence-electron chi connectivity index (χ3n) is 0.535. The number of rotatable bonds is 2. The van der Waals surface area contributed by atoms with E-state index in [1.54, 1.807) is 0 Å². The minimum absolute atomic E-state index is 0.221. The van der Waals surface area contributed by atoms with Crippen molar-refractivity contribution in [1.29, 1.82) is 0 Å². The van der Waals surface area contributed by atoms with Crippen molar-refractivity contribution in [2.45, 2.75) is 13.8 Å². The van der Waals surface area contributed by atoms with Gasteiger partial charge in [-0.25, -0.2) is 0 Å². The number of hydrogen-bond acceptors (Lipinski definition) is 3. The van der Waals surface area contributed by atoms with Crippen LogP contribution < -0.4 is 0 Å². The van der Waals surface area contributed by atoms with Gasteiger partial charge in [-0.2, -0.15) is 0 Å². The van der Waals surface area contributed by atoms with Gasteiger partial charge in [0.1, 0.15) is 0 Å². The highest BCUT2D eigenvalue weighted by atomic mass is 32.1. The van der Waals surface area contributed by atoms with E-state index >= 15 is 0 Å². The third-order valence-corrected chi connectivity index (χ3v) is 0.770. The summed E-state index contributed by atoms with van der Waals surface area (Å²) in [6.07, 6.45) is 0. The third kappa shape index (κ3) is 6.11. The number of ether oxygens (including phenoxy) is 1. The average Bonchev–Trinajstić information content (AvgIpc) is 1.61. The van der Waals surface area contributed by atoms with Crippen LogP contribution in [0.4, 0.5) is 0 Å². The summed E-state index contributed by atoms with van der Waals surface area (Å²) in [5.74, 6) is 0.510. The summed E-state index contributed by atoms with van der Waals surface area (Å²) in [6, 6.07) is 0. The lowest BCUT2D eigenvalue weighted by molar-refractivity contribution is 0.273. The van der Waals surface area contributed by atoms with Gasteiger partial charge in [0.2, 0.25) is 0 Å². The Labute approximate surface area is 60.8 Å². The van der Waals surface area contributed by atoms with E-state index in [-0.39, 0.29) is 4.38 Å². The zero-order chi connectivity index (χ0) is 6.57. The highest BCUT2D eigenvalue weighted by Gasteiger charge is 1.89. The van der Waals surface area contributed by atoms with E-state index in [1.165, 1.54) is 0 Å². The van der Waals surface area contributed by atoms with Crippen LogP contribution in [0.3, 0.4) is 0 Å². The molecule has 3 heteroatoms. The molecule has 0 spiro atoms. The van der Waals surface area contributed by atoms with Crippen molar-refractivity contribution in [1.82, 2.24) is 0 Å². The number of thiocarbonyl (C=S) groups is 1. The van der Waals surface area contributed by atoms with Crippen LogP contribution in [-0.2, 0) is 17.4 Å². The topological polar surface area (TPSA) is 9.23 Å². The summed E-state index contributed by atoms with van der Waals surface area (Å²) in [5, 5.41) is 0. The van der Waals surface area contributed by atoms with Crippen LogP contribution in [0.25, 0.3) is 0 Å². The summed E-state index contributed by atoms with van der Waals surface area (Å²) < 4.78 is 5.07. The molecule has 0 unspecified atom stereocenters. The van der Waals surface area contributed by atoms with Crippen molar-refractivity contribution in [3.8, 4) is 0 Å². The molecule has 0 aromatic heterocycles. The van der Waals surface area contributed by atoms with Crippen LogP contribution in [0.2, 0.25) is 0 Å². The Kier molecular flexibility index (Phi) is 4.09. The van der Waals surface area contributed by atoms with Crippen molar-refractivity contribution < 1.29 is 4.74 Å². The Morgan fingerprint density at radius 1 is 1.75 bits per heavy atom. The van der Waals surface area contributed by atoms with E-state index in [1.807, 2.05) is 13.8 Å². The zero-order valence-electron chi connectivity index (χ0n) is 5.01. The van der Waals surface area contributed by atoms with Crippen molar-refractivity contribution in [3.05, 3.63) is 0 Å². The molecule has 0 atom stereocenters. The number of hydrogen-bond donors (Lipinski definition) is 0. The van der Waals surface area contributed by atoms with E-state index in [9.17, 15) is 0 Å². The van der Waals surface area contributed by atoms with Crippen molar-refractivity contribution >= 4 is 29.2 Å². The Bertz CT molecular complexity index is 80.5. The standard InChI is InChI=1S/C5H10OS2/c1-4(2)3-6-5(7)8/h4H,3H2,1-2H3,(H,7,8)/p-1. The molecule has 0 rings (SSSR count). The first-order valence-electron chi connectivity index (χ1n) is 2.46. The van der Waals surface area contributed by atoms with Gasteiger partial charge in [0.05, 0.1) is 6.61 Å². The zero-order valence-corrected chi connectivity index (χ0v) is 6.64. The summed E-state index contributed by atoms with van der Waals surface area (Å²) in [6.45, 7) is 4.74. The van der Waals surface area contributed by atoms with E-state index in [2.05, 4.69) is 24.8 Å². The quantitative estimate of drug-likeness (QED) is 0.435. The molecule has 0 radical (unpaired) electrons. The average molecular weight is 149 g/mol. The van der Waals surface area contributed by atoms with Gasteiger partial charge >= 0.3 is 0 Å². The molecule has 0 aromatic rings. The lowest BCUT2D eigenvalue weighted by Crippen LogP contribution is -2.04. The molecule has 0 bridgehead atoms. The van der Waals surface area contributed by atoms with Crippen LogP contribution >= 0.6 is 12.2 Å². The van der Waals surface area contributed by atoms with Gasteiger partial charge in [-0.15, -0.1) is 0 Å². The van der Waals surface area contributed by atoms with Crippen molar-refractivity contribution in [3.63, 3.8) is 0 Å². The SMILES string of the molecule is CC(C)COC(=S)[S-]. The Morgan fingerprint density at radius 3 is 2.38 bits per heavy atom. The molecule has 0 N–H and O–H groups in total. The maximum atomic E-state index is 4.85. The molecule has 0 fully saturated rings.